The van der Waals surface area contributed by atoms with E-state index in [2.05, 4.69) is 0 Å². The largest absolute Gasteiger partial charge is 0.494 e. The molecule has 0 N–H and O–H groups in total. The molecular weight excluding hydrogens is 304 g/mol. The van der Waals surface area contributed by atoms with Crippen LogP contribution in [0.4, 0.5) is 11.4 Å². The molecule has 118 valence electrons. The van der Waals surface area contributed by atoms with Gasteiger partial charge in [0.15, 0.2) is 0 Å². The first-order valence-electron chi connectivity index (χ1n) is 7.07. The summed E-state index contributed by atoms with van der Waals surface area (Å²) < 4.78 is 10.7. The minimum Gasteiger partial charge on any atom is -0.494 e. The number of ether oxygens (including phenoxy) is 2. The summed E-state index contributed by atoms with van der Waals surface area (Å²) in [6, 6.07) is 3.81. The van der Waals surface area contributed by atoms with Gasteiger partial charge in [-0.3, -0.25) is 19.7 Å². The van der Waals surface area contributed by atoms with Crippen LogP contribution in [-0.2, 0) is 14.3 Å². The maximum absolute atomic E-state index is 12.7. The van der Waals surface area contributed by atoms with E-state index < -0.39 is 16.8 Å². The van der Waals surface area contributed by atoms with Crippen LogP contribution in [0.5, 0.6) is 5.75 Å². The fraction of sp³-hybridized carbons (Fsp3) is 0.333. The van der Waals surface area contributed by atoms with Crippen molar-refractivity contribution in [3.05, 3.63) is 40.5 Å². The SMILES string of the molecule is COc1cc([N+](=O)[O-])ccc1N1C(=O)[C@@H]2[C@@H](C1=O)[C@@H]1C=C[C@@H]2O1. The van der Waals surface area contributed by atoms with E-state index in [1.165, 1.54) is 25.3 Å². The van der Waals surface area contributed by atoms with Crippen molar-refractivity contribution in [2.24, 2.45) is 11.8 Å². The van der Waals surface area contributed by atoms with Crippen LogP contribution in [-0.4, -0.2) is 36.1 Å². The second kappa shape index (κ2) is 4.63. The van der Waals surface area contributed by atoms with E-state index in [-0.39, 0.29) is 41.1 Å². The monoisotopic (exact) mass is 316 g/mol. The van der Waals surface area contributed by atoms with E-state index >= 15 is 0 Å². The van der Waals surface area contributed by atoms with E-state index in [1.54, 1.807) is 12.2 Å². The van der Waals surface area contributed by atoms with Gasteiger partial charge in [0.1, 0.15) is 5.75 Å². The highest BCUT2D eigenvalue weighted by Gasteiger charge is 2.61. The molecule has 0 radical (unpaired) electrons. The number of carbonyl (C=O) groups is 2. The number of amides is 2. The van der Waals surface area contributed by atoms with E-state index in [9.17, 15) is 19.7 Å². The van der Waals surface area contributed by atoms with Gasteiger partial charge in [0, 0.05) is 6.07 Å². The summed E-state index contributed by atoms with van der Waals surface area (Å²) in [6.07, 6.45) is 2.84. The first-order chi connectivity index (χ1) is 11.0. The summed E-state index contributed by atoms with van der Waals surface area (Å²) in [4.78, 5) is 36.7. The highest BCUT2D eigenvalue weighted by molar-refractivity contribution is 6.23. The van der Waals surface area contributed by atoms with Gasteiger partial charge < -0.3 is 9.47 Å². The molecule has 2 bridgehead atoms. The van der Waals surface area contributed by atoms with Crippen molar-refractivity contribution in [1.82, 2.24) is 0 Å². The number of non-ortho nitro benzene ring substituents is 1. The van der Waals surface area contributed by atoms with Crippen LogP contribution in [0.2, 0.25) is 0 Å². The second-order valence-electron chi connectivity index (χ2n) is 5.63. The van der Waals surface area contributed by atoms with Crippen LogP contribution in [0.15, 0.2) is 30.4 Å². The highest BCUT2D eigenvalue weighted by Crippen LogP contribution is 2.47. The van der Waals surface area contributed by atoms with E-state index in [1.807, 2.05) is 0 Å². The second-order valence-corrected chi connectivity index (χ2v) is 5.63. The van der Waals surface area contributed by atoms with E-state index in [4.69, 9.17) is 9.47 Å². The number of hydrogen-bond donors (Lipinski definition) is 0. The Morgan fingerprint density at radius 1 is 1.17 bits per heavy atom. The van der Waals surface area contributed by atoms with Gasteiger partial charge in [-0.25, -0.2) is 4.90 Å². The number of hydrogen-bond acceptors (Lipinski definition) is 6. The number of anilines is 1. The number of nitrogens with zero attached hydrogens (tertiary/aromatic N) is 2. The smallest absolute Gasteiger partial charge is 0.273 e. The van der Waals surface area contributed by atoms with Crippen molar-refractivity contribution >= 4 is 23.2 Å². The molecule has 0 aliphatic carbocycles. The number of carbonyl (C=O) groups excluding carboxylic acids is 2. The summed E-state index contributed by atoms with van der Waals surface area (Å²) >= 11 is 0. The minimum absolute atomic E-state index is 0.113. The molecule has 23 heavy (non-hydrogen) atoms. The summed E-state index contributed by atoms with van der Waals surface area (Å²) in [6.45, 7) is 0. The molecule has 8 nitrogen and oxygen atoms in total. The lowest BCUT2D eigenvalue weighted by molar-refractivity contribution is -0.384. The first kappa shape index (κ1) is 13.9. The number of fused-ring (bicyclic) bond motifs is 5. The molecule has 0 spiro atoms. The molecule has 8 heteroatoms. The Morgan fingerprint density at radius 3 is 2.30 bits per heavy atom. The van der Waals surface area contributed by atoms with Gasteiger partial charge in [0.2, 0.25) is 11.8 Å². The van der Waals surface area contributed by atoms with Crippen molar-refractivity contribution < 1.29 is 24.0 Å². The van der Waals surface area contributed by atoms with Gasteiger partial charge in [0.05, 0.1) is 47.8 Å². The molecule has 0 saturated carbocycles. The lowest BCUT2D eigenvalue weighted by Gasteiger charge is -2.19. The Hall–Kier alpha value is -2.74. The third kappa shape index (κ3) is 1.75. The molecule has 3 aliphatic heterocycles. The fourth-order valence-corrected chi connectivity index (χ4v) is 3.51. The summed E-state index contributed by atoms with van der Waals surface area (Å²) in [5.41, 5.74) is 0.0526. The van der Waals surface area contributed by atoms with Crippen LogP contribution in [0.25, 0.3) is 0 Å². The Labute approximate surface area is 130 Å². The summed E-state index contributed by atoms with van der Waals surface area (Å²) in [5, 5.41) is 10.9. The number of imide groups is 1. The zero-order chi connectivity index (χ0) is 16.3. The van der Waals surface area contributed by atoms with Gasteiger partial charge in [-0.1, -0.05) is 12.2 Å². The van der Waals surface area contributed by atoms with Crippen LogP contribution < -0.4 is 9.64 Å². The molecule has 0 aromatic heterocycles. The Kier molecular flexibility index (Phi) is 2.79. The zero-order valence-corrected chi connectivity index (χ0v) is 12.0. The number of methoxy groups -OCH3 is 1. The molecule has 2 saturated heterocycles. The van der Waals surface area contributed by atoms with Crippen LogP contribution >= 0.6 is 0 Å². The minimum atomic E-state index is -0.563. The van der Waals surface area contributed by atoms with Gasteiger partial charge in [-0.05, 0) is 6.07 Å². The van der Waals surface area contributed by atoms with Crippen LogP contribution in [0, 0.1) is 22.0 Å². The first-order valence-corrected chi connectivity index (χ1v) is 7.07. The molecular formula is C15H12N2O6. The molecule has 3 heterocycles. The average Bonchev–Trinajstić information content (AvgIpc) is 3.21. The number of benzene rings is 1. The summed E-state index contributed by atoms with van der Waals surface area (Å²) in [7, 11) is 1.34. The normalized spacial score (nSPS) is 30.9. The Bertz CT molecular complexity index is 743. The highest BCUT2D eigenvalue weighted by atomic mass is 16.6. The number of rotatable bonds is 3. The third-order valence-electron chi connectivity index (χ3n) is 4.53. The van der Waals surface area contributed by atoms with Crippen molar-refractivity contribution in [1.29, 1.82) is 0 Å². The molecule has 1 aromatic rings. The Morgan fingerprint density at radius 2 is 1.78 bits per heavy atom. The third-order valence-corrected chi connectivity index (χ3v) is 4.53. The number of nitro groups is 1. The number of nitro benzene ring substituents is 1. The average molecular weight is 316 g/mol. The van der Waals surface area contributed by atoms with Gasteiger partial charge >= 0.3 is 0 Å². The lowest BCUT2D eigenvalue weighted by Crippen LogP contribution is -2.34. The van der Waals surface area contributed by atoms with E-state index in [0.717, 1.165) is 4.90 Å². The van der Waals surface area contributed by atoms with Crippen LogP contribution in [0.3, 0.4) is 0 Å². The van der Waals surface area contributed by atoms with E-state index in [0.29, 0.717) is 0 Å². The van der Waals surface area contributed by atoms with Gasteiger partial charge in [-0.15, -0.1) is 0 Å². The van der Waals surface area contributed by atoms with Crippen molar-refractivity contribution in [3.63, 3.8) is 0 Å². The maximum atomic E-state index is 12.7. The quantitative estimate of drug-likeness (QED) is 0.358. The molecule has 2 amide bonds. The lowest BCUT2D eigenvalue weighted by atomic mass is 9.85. The van der Waals surface area contributed by atoms with Gasteiger partial charge in [0.25, 0.3) is 5.69 Å². The molecule has 2 fully saturated rings. The predicted molar refractivity (Wildman–Crippen MR) is 76.9 cm³/mol. The van der Waals surface area contributed by atoms with Gasteiger partial charge in [-0.2, -0.15) is 0 Å². The van der Waals surface area contributed by atoms with Crippen molar-refractivity contribution in [2.45, 2.75) is 12.2 Å². The zero-order valence-electron chi connectivity index (χ0n) is 12.0. The summed E-state index contributed by atoms with van der Waals surface area (Å²) in [5.74, 6) is -1.66. The predicted octanol–water partition coefficient (Wildman–Crippen LogP) is 1.05. The fourth-order valence-electron chi connectivity index (χ4n) is 3.51. The molecule has 4 rings (SSSR count). The molecule has 1 aromatic carbocycles. The van der Waals surface area contributed by atoms with Crippen LogP contribution in [0.1, 0.15) is 0 Å². The topological polar surface area (TPSA) is 99.0 Å². The Balaban J connectivity index is 1.76. The maximum Gasteiger partial charge on any atom is 0.273 e. The molecule has 0 unspecified atom stereocenters. The van der Waals surface area contributed by atoms with Crippen molar-refractivity contribution in [2.75, 3.05) is 12.0 Å². The molecule has 3 aliphatic rings. The standard InChI is InChI=1S/C15H12N2O6/c1-22-11-6-7(17(20)21)2-3-8(11)16-14(18)12-9-4-5-10(23-9)13(12)15(16)19/h2-6,9-10,12-13H,1H3/t9-,10-,12-,13-/m0/s1. The molecule has 4 atom stereocenters. The van der Waals surface area contributed by atoms with Crippen molar-refractivity contribution in [3.8, 4) is 5.75 Å².